The highest BCUT2D eigenvalue weighted by Crippen LogP contribution is 2.09. The van der Waals surface area contributed by atoms with E-state index in [0.717, 1.165) is 0 Å². The summed E-state index contributed by atoms with van der Waals surface area (Å²) < 4.78 is 6.21. The summed E-state index contributed by atoms with van der Waals surface area (Å²) in [5.74, 6) is -0.0880. The van der Waals surface area contributed by atoms with Crippen molar-refractivity contribution in [1.82, 2.24) is 15.0 Å². The molecule has 0 saturated carbocycles. The van der Waals surface area contributed by atoms with E-state index >= 15 is 0 Å². The number of nitrogens with one attached hydrogen (secondary N) is 2. The van der Waals surface area contributed by atoms with E-state index in [9.17, 15) is 9.59 Å². The number of hydrogen-bond acceptors (Lipinski definition) is 6. The summed E-state index contributed by atoms with van der Waals surface area (Å²) >= 11 is 0. The molecule has 0 spiro atoms. The molecule has 0 saturated heterocycles. The Morgan fingerprint density at radius 2 is 2.14 bits per heavy atom. The fourth-order valence-electron chi connectivity index (χ4n) is 1.88. The van der Waals surface area contributed by atoms with Crippen molar-refractivity contribution in [3.8, 4) is 0 Å². The second-order valence-electron chi connectivity index (χ2n) is 4.65. The van der Waals surface area contributed by atoms with Crippen LogP contribution in [-0.4, -0.2) is 22.1 Å². The number of anilines is 1. The van der Waals surface area contributed by atoms with Crippen molar-refractivity contribution in [1.29, 1.82) is 0 Å². The molecule has 1 heterocycles. The number of carbonyl (C=O) groups is 1. The second-order valence-corrected chi connectivity index (χ2v) is 4.65. The van der Waals surface area contributed by atoms with E-state index in [2.05, 4.69) is 15.8 Å². The van der Waals surface area contributed by atoms with Crippen LogP contribution in [0.4, 0.5) is 5.95 Å². The van der Waals surface area contributed by atoms with Gasteiger partial charge in [0.1, 0.15) is 0 Å². The van der Waals surface area contributed by atoms with Crippen LogP contribution in [0.25, 0.3) is 10.9 Å². The van der Waals surface area contributed by atoms with Crippen molar-refractivity contribution in [2.24, 2.45) is 7.05 Å². The molecule has 0 aliphatic heterocycles. The predicted octanol–water partition coefficient (Wildman–Crippen LogP) is 1.32. The number of fused-ring (bicyclic) bond motifs is 1. The molecule has 7 heteroatoms. The van der Waals surface area contributed by atoms with E-state index in [-0.39, 0.29) is 5.56 Å². The van der Waals surface area contributed by atoms with Gasteiger partial charge in [0, 0.05) is 18.8 Å². The van der Waals surface area contributed by atoms with Gasteiger partial charge < -0.3 is 10.2 Å². The first kappa shape index (κ1) is 15.6. The summed E-state index contributed by atoms with van der Waals surface area (Å²) in [6.07, 6.45) is 1.32. The van der Waals surface area contributed by atoms with Crippen molar-refractivity contribution in [3.05, 3.63) is 46.4 Å². The number of hydrogen-bond donors (Lipinski definition) is 2. The summed E-state index contributed by atoms with van der Waals surface area (Å²) in [6.45, 7) is 3.75. The molecule has 2 aromatic rings. The number of rotatable bonds is 5. The van der Waals surface area contributed by atoms with Gasteiger partial charge in [0.25, 0.3) is 5.56 Å². The first-order valence-corrected chi connectivity index (χ1v) is 6.85. The van der Waals surface area contributed by atoms with Crippen LogP contribution in [-0.2, 0) is 16.6 Å². The molecule has 1 aromatic heterocycles. The highest BCUT2D eigenvalue weighted by Gasteiger charge is 2.07. The van der Waals surface area contributed by atoms with Gasteiger partial charge in [0.2, 0.25) is 5.95 Å². The lowest BCUT2D eigenvalue weighted by atomic mass is 10.2. The number of allylic oxidation sites excluding steroid dienone is 1. The molecule has 0 bridgehead atoms. The molecule has 0 fully saturated rings. The molecule has 7 nitrogen and oxygen atoms in total. The number of ether oxygens (including phenoxy) is 1. The second kappa shape index (κ2) is 6.75. The molecule has 0 radical (unpaired) electrons. The summed E-state index contributed by atoms with van der Waals surface area (Å²) in [5, 5.41) is 0.550. The SMILES string of the molecule is CCOC(=O)/C=C(\C)NNc1nc2ccccc2c(=O)n1C. The number of carbonyl (C=O) groups excluding carboxylic acids is 1. The van der Waals surface area contributed by atoms with Crippen molar-refractivity contribution in [2.45, 2.75) is 13.8 Å². The summed E-state index contributed by atoms with van der Waals surface area (Å²) in [4.78, 5) is 27.9. The molecule has 0 amide bonds. The molecule has 116 valence electrons. The third-order valence-electron chi connectivity index (χ3n) is 2.98. The minimum atomic E-state index is -0.436. The lowest BCUT2D eigenvalue weighted by Crippen LogP contribution is -2.28. The maximum Gasteiger partial charge on any atom is 0.332 e. The topological polar surface area (TPSA) is 85.2 Å². The molecule has 0 aliphatic rings. The smallest absolute Gasteiger partial charge is 0.332 e. The highest BCUT2D eigenvalue weighted by molar-refractivity contribution is 5.82. The lowest BCUT2D eigenvalue weighted by Gasteiger charge is -2.13. The summed E-state index contributed by atoms with van der Waals surface area (Å²) in [5.41, 5.74) is 6.62. The zero-order chi connectivity index (χ0) is 16.1. The largest absolute Gasteiger partial charge is 0.463 e. The maximum atomic E-state index is 12.2. The van der Waals surface area contributed by atoms with Crippen molar-refractivity contribution in [3.63, 3.8) is 0 Å². The standard InChI is InChI=1S/C15H18N4O3/c1-4-22-13(20)9-10(2)17-18-15-16-12-8-6-5-7-11(12)14(21)19(15)3/h5-9,17H,4H2,1-3H3,(H,16,18)/b10-9+. The fourth-order valence-corrected chi connectivity index (χ4v) is 1.88. The minimum Gasteiger partial charge on any atom is -0.463 e. The molecule has 1 aromatic carbocycles. The quantitative estimate of drug-likeness (QED) is 0.492. The Labute approximate surface area is 127 Å². The van der Waals surface area contributed by atoms with Gasteiger partial charge in [-0.25, -0.2) is 9.78 Å². The maximum absolute atomic E-state index is 12.2. The molecule has 2 N–H and O–H groups in total. The number of benzene rings is 1. The number of esters is 1. The van der Waals surface area contributed by atoms with Gasteiger partial charge in [-0.1, -0.05) is 12.1 Å². The third kappa shape index (κ3) is 3.43. The van der Waals surface area contributed by atoms with Crippen LogP contribution in [0.3, 0.4) is 0 Å². The van der Waals surface area contributed by atoms with Crippen LogP contribution in [0.1, 0.15) is 13.8 Å². The molecule has 2 rings (SSSR count). The summed E-state index contributed by atoms with van der Waals surface area (Å²) in [7, 11) is 1.62. The first-order chi connectivity index (χ1) is 10.5. The summed E-state index contributed by atoms with van der Waals surface area (Å²) in [6, 6.07) is 7.11. The van der Waals surface area contributed by atoms with Gasteiger partial charge in [0.15, 0.2) is 0 Å². The Hall–Kier alpha value is -2.83. The van der Waals surface area contributed by atoms with E-state index in [1.165, 1.54) is 10.6 Å². The van der Waals surface area contributed by atoms with E-state index in [0.29, 0.717) is 29.2 Å². The van der Waals surface area contributed by atoms with Crippen LogP contribution in [0.5, 0.6) is 0 Å². The monoisotopic (exact) mass is 302 g/mol. The molecule has 22 heavy (non-hydrogen) atoms. The average molecular weight is 302 g/mol. The fraction of sp³-hybridized carbons (Fsp3) is 0.267. The van der Waals surface area contributed by atoms with Crippen molar-refractivity contribution in [2.75, 3.05) is 12.0 Å². The number of hydrazine groups is 1. The number of nitrogens with zero attached hydrogens (tertiary/aromatic N) is 2. The van der Waals surface area contributed by atoms with E-state index in [4.69, 9.17) is 4.74 Å². The molecular formula is C15H18N4O3. The van der Waals surface area contributed by atoms with Crippen LogP contribution >= 0.6 is 0 Å². The zero-order valence-corrected chi connectivity index (χ0v) is 12.7. The van der Waals surface area contributed by atoms with Crippen LogP contribution in [0, 0.1) is 0 Å². The average Bonchev–Trinajstić information content (AvgIpc) is 2.49. The van der Waals surface area contributed by atoms with Crippen molar-refractivity contribution >= 4 is 22.8 Å². The molecular weight excluding hydrogens is 284 g/mol. The minimum absolute atomic E-state index is 0.151. The van der Waals surface area contributed by atoms with Gasteiger partial charge in [-0.2, -0.15) is 0 Å². The third-order valence-corrected chi connectivity index (χ3v) is 2.98. The number of aromatic nitrogens is 2. The molecule has 0 aliphatic carbocycles. The Kier molecular flexibility index (Phi) is 4.77. The lowest BCUT2D eigenvalue weighted by molar-refractivity contribution is -0.137. The molecule has 0 atom stereocenters. The Morgan fingerprint density at radius 3 is 2.86 bits per heavy atom. The Bertz CT molecular complexity index is 780. The highest BCUT2D eigenvalue weighted by atomic mass is 16.5. The van der Waals surface area contributed by atoms with Gasteiger partial charge in [-0.05, 0) is 26.0 Å². The first-order valence-electron chi connectivity index (χ1n) is 6.85. The van der Waals surface area contributed by atoms with Crippen LogP contribution in [0.15, 0.2) is 40.8 Å². The molecule has 0 unspecified atom stereocenters. The van der Waals surface area contributed by atoms with Gasteiger partial charge in [0.05, 0.1) is 17.5 Å². The van der Waals surface area contributed by atoms with Crippen LogP contribution < -0.4 is 16.4 Å². The van der Waals surface area contributed by atoms with Gasteiger partial charge in [-0.15, -0.1) is 0 Å². The normalized spacial score (nSPS) is 11.3. The van der Waals surface area contributed by atoms with E-state index < -0.39 is 5.97 Å². The number of para-hydroxylation sites is 1. The predicted molar refractivity (Wildman–Crippen MR) is 84.1 cm³/mol. The van der Waals surface area contributed by atoms with Crippen molar-refractivity contribution < 1.29 is 9.53 Å². The van der Waals surface area contributed by atoms with Gasteiger partial charge >= 0.3 is 5.97 Å². The Balaban J connectivity index is 2.20. The van der Waals surface area contributed by atoms with E-state index in [1.54, 1.807) is 39.1 Å². The van der Waals surface area contributed by atoms with Gasteiger partial charge in [-0.3, -0.25) is 14.8 Å². The van der Waals surface area contributed by atoms with E-state index in [1.807, 2.05) is 6.07 Å². The van der Waals surface area contributed by atoms with Crippen LogP contribution in [0.2, 0.25) is 0 Å². The Morgan fingerprint density at radius 1 is 1.41 bits per heavy atom. The zero-order valence-electron chi connectivity index (χ0n) is 12.7.